The molecule has 1 saturated heterocycles. The number of carbonyl (C=O) groups is 1. The monoisotopic (exact) mass is 365 g/mol. The largest absolute Gasteiger partial charge is 0.352 e. The van der Waals surface area contributed by atoms with Gasteiger partial charge in [0.25, 0.3) is 0 Å². The normalized spacial score (nSPS) is 29.8. The Morgan fingerprint density at radius 1 is 1.20 bits per heavy atom. The number of likely N-dealkylation sites (tertiary alicyclic amines) is 1. The first-order chi connectivity index (χ1) is 11.7. The third-order valence-corrected chi connectivity index (χ3v) is 5.87. The molecule has 1 aliphatic heterocycles. The molecule has 3 N–H and O–H groups in total. The van der Waals surface area contributed by atoms with Crippen molar-refractivity contribution < 1.29 is 4.79 Å². The topological polar surface area (TPSA) is 58.4 Å². The van der Waals surface area contributed by atoms with Gasteiger partial charge in [0.15, 0.2) is 0 Å². The van der Waals surface area contributed by atoms with Crippen LogP contribution in [0.5, 0.6) is 0 Å². The number of halogens is 1. The van der Waals surface area contributed by atoms with Crippen molar-refractivity contribution >= 4 is 18.3 Å². The Hall–Kier alpha value is -1.10. The van der Waals surface area contributed by atoms with E-state index in [4.69, 9.17) is 5.73 Å². The van der Waals surface area contributed by atoms with E-state index in [0.29, 0.717) is 36.9 Å². The first kappa shape index (κ1) is 20.2. The number of nitrogens with two attached hydrogens (primary N) is 1. The van der Waals surface area contributed by atoms with E-state index in [-0.39, 0.29) is 18.3 Å². The molecule has 1 saturated carbocycles. The standard InChI is InChI=1S/C20H31N3O.ClH/c1-15-7-5-6-10-19(15)22-20(24)14-23-12-17(11-21)18(13-23)16-8-3-2-4-9-16;/h2-4,8-9,15,17-19H,5-7,10-14,21H2,1H3,(H,22,24);1H/t15?,17-,18+,19?;/m1./s1. The second kappa shape index (κ2) is 9.56. The highest BCUT2D eigenvalue weighted by Crippen LogP contribution is 2.31. The highest BCUT2D eigenvalue weighted by atomic mass is 35.5. The zero-order valence-corrected chi connectivity index (χ0v) is 16.0. The van der Waals surface area contributed by atoms with Gasteiger partial charge in [0, 0.05) is 25.0 Å². The summed E-state index contributed by atoms with van der Waals surface area (Å²) in [4.78, 5) is 14.7. The Balaban J connectivity index is 0.00000225. The van der Waals surface area contributed by atoms with Crippen molar-refractivity contribution in [1.82, 2.24) is 10.2 Å². The van der Waals surface area contributed by atoms with Crippen molar-refractivity contribution in [2.75, 3.05) is 26.2 Å². The van der Waals surface area contributed by atoms with E-state index in [1.165, 1.54) is 24.8 Å². The summed E-state index contributed by atoms with van der Waals surface area (Å²) < 4.78 is 0. The molecule has 2 aliphatic rings. The molecule has 3 rings (SSSR count). The van der Waals surface area contributed by atoms with Crippen LogP contribution in [0.4, 0.5) is 0 Å². The number of hydrogen-bond acceptors (Lipinski definition) is 3. The van der Waals surface area contributed by atoms with Gasteiger partial charge in [0.1, 0.15) is 0 Å². The molecule has 0 bridgehead atoms. The molecular formula is C20H32ClN3O. The average molecular weight is 366 g/mol. The fourth-order valence-corrected chi connectivity index (χ4v) is 4.39. The van der Waals surface area contributed by atoms with Crippen LogP contribution in [-0.4, -0.2) is 43.0 Å². The zero-order valence-electron chi connectivity index (χ0n) is 15.2. The van der Waals surface area contributed by atoms with Crippen LogP contribution in [0, 0.1) is 11.8 Å². The van der Waals surface area contributed by atoms with Crippen molar-refractivity contribution in [3.05, 3.63) is 35.9 Å². The van der Waals surface area contributed by atoms with E-state index in [2.05, 4.69) is 41.4 Å². The first-order valence-corrected chi connectivity index (χ1v) is 9.44. The van der Waals surface area contributed by atoms with Gasteiger partial charge in [-0.05, 0) is 36.8 Å². The number of nitrogens with one attached hydrogen (secondary N) is 1. The smallest absolute Gasteiger partial charge is 0.234 e. The minimum absolute atomic E-state index is 0. The van der Waals surface area contributed by atoms with Crippen molar-refractivity contribution in [3.8, 4) is 0 Å². The number of hydrogen-bond donors (Lipinski definition) is 2. The van der Waals surface area contributed by atoms with Crippen molar-refractivity contribution in [2.24, 2.45) is 17.6 Å². The molecule has 0 aromatic heterocycles. The quantitative estimate of drug-likeness (QED) is 0.843. The highest BCUT2D eigenvalue weighted by Gasteiger charge is 2.34. The second-order valence-corrected chi connectivity index (χ2v) is 7.64. The van der Waals surface area contributed by atoms with Crippen LogP contribution in [0.15, 0.2) is 30.3 Å². The molecule has 25 heavy (non-hydrogen) atoms. The van der Waals surface area contributed by atoms with E-state index in [0.717, 1.165) is 19.5 Å². The molecule has 4 nitrogen and oxygen atoms in total. The SMILES string of the molecule is CC1CCCCC1NC(=O)CN1C[C@@H](CN)[C@H](c2ccccc2)C1.Cl. The summed E-state index contributed by atoms with van der Waals surface area (Å²) in [6, 6.07) is 10.9. The van der Waals surface area contributed by atoms with Gasteiger partial charge in [-0.3, -0.25) is 9.69 Å². The molecule has 0 radical (unpaired) electrons. The van der Waals surface area contributed by atoms with Gasteiger partial charge in [-0.1, -0.05) is 50.1 Å². The molecule has 5 heteroatoms. The molecule has 4 atom stereocenters. The van der Waals surface area contributed by atoms with E-state index in [1.54, 1.807) is 0 Å². The predicted octanol–water partition coefficient (Wildman–Crippen LogP) is 2.78. The van der Waals surface area contributed by atoms with Gasteiger partial charge in [0.2, 0.25) is 5.91 Å². The lowest BCUT2D eigenvalue weighted by atomic mass is 9.86. The Morgan fingerprint density at radius 3 is 2.60 bits per heavy atom. The van der Waals surface area contributed by atoms with Gasteiger partial charge in [-0.15, -0.1) is 12.4 Å². The zero-order chi connectivity index (χ0) is 16.9. The van der Waals surface area contributed by atoms with Crippen LogP contribution in [0.25, 0.3) is 0 Å². The van der Waals surface area contributed by atoms with Gasteiger partial charge in [0.05, 0.1) is 6.54 Å². The molecule has 1 heterocycles. The van der Waals surface area contributed by atoms with Gasteiger partial charge in [-0.2, -0.15) is 0 Å². The molecule has 2 fully saturated rings. The summed E-state index contributed by atoms with van der Waals surface area (Å²) in [6.07, 6.45) is 4.91. The van der Waals surface area contributed by atoms with E-state index >= 15 is 0 Å². The molecular weight excluding hydrogens is 334 g/mol. The van der Waals surface area contributed by atoms with E-state index in [9.17, 15) is 4.79 Å². The molecule has 0 spiro atoms. The van der Waals surface area contributed by atoms with Crippen molar-refractivity contribution in [2.45, 2.75) is 44.6 Å². The number of rotatable bonds is 5. The molecule has 140 valence electrons. The van der Waals surface area contributed by atoms with Crippen LogP contribution >= 0.6 is 12.4 Å². The maximum Gasteiger partial charge on any atom is 0.234 e. The summed E-state index contributed by atoms with van der Waals surface area (Å²) in [5.74, 6) is 1.67. The van der Waals surface area contributed by atoms with Crippen molar-refractivity contribution in [1.29, 1.82) is 0 Å². The van der Waals surface area contributed by atoms with Crippen LogP contribution in [0.3, 0.4) is 0 Å². The summed E-state index contributed by atoms with van der Waals surface area (Å²) in [5.41, 5.74) is 7.34. The second-order valence-electron chi connectivity index (χ2n) is 7.64. The third-order valence-electron chi connectivity index (χ3n) is 5.87. The Bertz CT molecular complexity index is 539. The van der Waals surface area contributed by atoms with Crippen LogP contribution in [-0.2, 0) is 4.79 Å². The Morgan fingerprint density at radius 2 is 1.92 bits per heavy atom. The van der Waals surface area contributed by atoms with Crippen LogP contribution in [0.1, 0.15) is 44.1 Å². The lowest BCUT2D eigenvalue weighted by Crippen LogP contribution is -2.45. The Labute approximate surface area is 157 Å². The number of benzene rings is 1. The van der Waals surface area contributed by atoms with E-state index in [1.807, 2.05) is 6.07 Å². The van der Waals surface area contributed by atoms with Crippen molar-refractivity contribution in [3.63, 3.8) is 0 Å². The third kappa shape index (κ3) is 5.19. The fraction of sp³-hybridized carbons (Fsp3) is 0.650. The maximum atomic E-state index is 12.5. The lowest BCUT2D eigenvalue weighted by molar-refractivity contribution is -0.123. The molecule has 1 aromatic rings. The first-order valence-electron chi connectivity index (χ1n) is 9.44. The van der Waals surface area contributed by atoms with Gasteiger partial charge >= 0.3 is 0 Å². The van der Waals surface area contributed by atoms with E-state index < -0.39 is 0 Å². The highest BCUT2D eigenvalue weighted by molar-refractivity contribution is 5.85. The fourth-order valence-electron chi connectivity index (χ4n) is 4.39. The number of amides is 1. The van der Waals surface area contributed by atoms with Crippen LogP contribution in [0.2, 0.25) is 0 Å². The minimum Gasteiger partial charge on any atom is -0.352 e. The van der Waals surface area contributed by atoms with Crippen LogP contribution < -0.4 is 11.1 Å². The summed E-state index contributed by atoms with van der Waals surface area (Å²) in [6.45, 7) is 5.29. The average Bonchev–Trinajstić information content (AvgIpc) is 3.00. The summed E-state index contributed by atoms with van der Waals surface area (Å²) in [7, 11) is 0. The molecule has 2 unspecified atom stereocenters. The minimum atomic E-state index is 0. The number of carbonyl (C=O) groups excluding carboxylic acids is 1. The molecule has 1 amide bonds. The molecule has 1 aliphatic carbocycles. The maximum absolute atomic E-state index is 12.5. The summed E-state index contributed by atoms with van der Waals surface area (Å²) in [5, 5.41) is 3.27. The van der Waals surface area contributed by atoms with Gasteiger partial charge in [-0.25, -0.2) is 0 Å². The lowest BCUT2D eigenvalue weighted by Gasteiger charge is -2.30. The predicted molar refractivity (Wildman–Crippen MR) is 105 cm³/mol. The summed E-state index contributed by atoms with van der Waals surface area (Å²) >= 11 is 0. The Kier molecular flexibility index (Phi) is 7.73. The number of nitrogens with zero attached hydrogens (tertiary/aromatic N) is 1. The van der Waals surface area contributed by atoms with Gasteiger partial charge < -0.3 is 11.1 Å². The molecule has 1 aromatic carbocycles.